The summed E-state index contributed by atoms with van der Waals surface area (Å²) in [6.45, 7) is 5.36. The number of aliphatic hydroxyl groups excluding tert-OH is 1. The van der Waals surface area contributed by atoms with Crippen molar-refractivity contribution in [2.45, 2.75) is 26.3 Å². The molecular weight excluding hydrogens is 266 g/mol. The van der Waals surface area contributed by atoms with Crippen molar-refractivity contribution in [3.63, 3.8) is 0 Å². The van der Waals surface area contributed by atoms with Gasteiger partial charge in [0, 0.05) is 37.9 Å². The fourth-order valence-electron chi connectivity index (χ4n) is 2.92. The molecule has 0 amide bonds. The van der Waals surface area contributed by atoms with Gasteiger partial charge in [0.25, 0.3) is 0 Å². The minimum absolute atomic E-state index is 0.0331. The number of aromatic nitrogens is 2. The molecule has 0 aliphatic carbocycles. The average molecular weight is 289 g/mol. The average Bonchev–Trinajstić information content (AvgIpc) is 2.91. The molecule has 5 nitrogen and oxygen atoms in total. The lowest BCUT2D eigenvalue weighted by Gasteiger charge is -2.35. The number of nitrogens with zero attached hydrogens (tertiary/aromatic N) is 2. The number of imidazole rings is 1. The number of nitrogens with one attached hydrogen (secondary N) is 1. The SMILES string of the molecule is Cc1ccc2ncc(CNCC3(CO)CCOCC3)n2c1. The van der Waals surface area contributed by atoms with Gasteiger partial charge in [0.05, 0.1) is 18.5 Å². The highest BCUT2D eigenvalue weighted by Gasteiger charge is 2.31. The van der Waals surface area contributed by atoms with E-state index in [0.717, 1.165) is 50.5 Å². The second-order valence-electron chi connectivity index (χ2n) is 6.06. The normalized spacial score (nSPS) is 18.2. The fraction of sp³-hybridized carbons (Fsp3) is 0.562. The topological polar surface area (TPSA) is 58.8 Å². The van der Waals surface area contributed by atoms with E-state index in [2.05, 4.69) is 33.9 Å². The number of ether oxygens (including phenoxy) is 1. The van der Waals surface area contributed by atoms with Gasteiger partial charge in [-0.1, -0.05) is 6.07 Å². The van der Waals surface area contributed by atoms with Crippen LogP contribution in [0.5, 0.6) is 0 Å². The molecule has 0 radical (unpaired) electrons. The highest BCUT2D eigenvalue weighted by atomic mass is 16.5. The third-order valence-electron chi connectivity index (χ3n) is 4.43. The van der Waals surface area contributed by atoms with Gasteiger partial charge in [-0.05, 0) is 31.4 Å². The lowest BCUT2D eigenvalue weighted by atomic mass is 9.81. The van der Waals surface area contributed by atoms with Gasteiger partial charge in [0.1, 0.15) is 5.65 Å². The van der Waals surface area contributed by atoms with Crippen molar-refractivity contribution >= 4 is 5.65 Å². The Balaban J connectivity index is 1.65. The second kappa shape index (κ2) is 6.13. The van der Waals surface area contributed by atoms with Crippen LogP contribution in [0.4, 0.5) is 0 Å². The van der Waals surface area contributed by atoms with Gasteiger partial charge in [-0.3, -0.25) is 0 Å². The zero-order valence-corrected chi connectivity index (χ0v) is 12.5. The van der Waals surface area contributed by atoms with Gasteiger partial charge in [-0.25, -0.2) is 4.98 Å². The Morgan fingerprint density at radius 1 is 1.38 bits per heavy atom. The van der Waals surface area contributed by atoms with E-state index in [1.54, 1.807) is 0 Å². The summed E-state index contributed by atoms with van der Waals surface area (Å²) in [5, 5.41) is 13.2. The van der Waals surface area contributed by atoms with Crippen LogP contribution >= 0.6 is 0 Å². The summed E-state index contributed by atoms with van der Waals surface area (Å²) in [5.74, 6) is 0. The van der Waals surface area contributed by atoms with Crippen molar-refractivity contribution < 1.29 is 9.84 Å². The summed E-state index contributed by atoms with van der Waals surface area (Å²) < 4.78 is 7.52. The van der Waals surface area contributed by atoms with Gasteiger partial charge in [0.15, 0.2) is 0 Å². The third-order valence-corrected chi connectivity index (χ3v) is 4.43. The predicted octanol–water partition coefficient (Wildman–Crippen LogP) is 1.52. The molecule has 0 unspecified atom stereocenters. The number of hydrogen-bond donors (Lipinski definition) is 2. The van der Waals surface area contributed by atoms with E-state index in [4.69, 9.17) is 4.74 Å². The van der Waals surface area contributed by atoms with E-state index in [-0.39, 0.29) is 12.0 Å². The third kappa shape index (κ3) is 3.10. The minimum Gasteiger partial charge on any atom is -0.396 e. The van der Waals surface area contributed by atoms with Crippen molar-refractivity contribution in [1.29, 1.82) is 0 Å². The molecular formula is C16H23N3O2. The summed E-state index contributed by atoms with van der Waals surface area (Å²) in [5.41, 5.74) is 3.31. The molecule has 5 heteroatoms. The molecule has 3 rings (SSSR count). The molecule has 3 heterocycles. The van der Waals surface area contributed by atoms with E-state index < -0.39 is 0 Å². The monoisotopic (exact) mass is 289 g/mol. The highest BCUT2D eigenvalue weighted by molar-refractivity contribution is 5.41. The molecule has 2 aromatic rings. The van der Waals surface area contributed by atoms with Crippen LogP contribution in [-0.2, 0) is 11.3 Å². The van der Waals surface area contributed by atoms with Crippen LogP contribution in [0, 0.1) is 12.3 Å². The van der Waals surface area contributed by atoms with Crippen LogP contribution in [0.15, 0.2) is 24.5 Å². The molecule has 21 heavy (non-hydrogen) atoms. The molecule has 1 fully saturated rings. The van der Waals surface area contributed by atoms with Crippen LogP contribution in [0.25, 0.3) is 5.65 Å². The number of pyridine rings is 1. The van der Waals surface area contributed by atoms with E-state index in [1.807, 2.05) is 12.3 Å². The maximum absolute atomic E-state index is 9.69. The second-order valence-corrected chi connectivity index (χ2v) is 6.06. The van der Waals surface area contributed by atoms with Gasteiger partial charge in [-0.15, -0.1) is 0 Å². The summed E-state index contributed by atoms with van der Waals surface area (Å²) in [4.78, 5) is 4.42. The first-order valence-corrected chi connectivity index (χ1v) is 7.54. The summed E-state index contributed by atoms with van der Waals surface area (Å²) in [6, 6.07) is 4.11. The summed E-state index contributed by atoms with van der Waals surface area (Å²) >= 11 is 0. The van der Waals surface area contributed by atoms with Crippen LogP contribution in [0.1, 0.15) is 24.1 Å². The molecule has 0 bridgehead atoms. The summed E-state index contributed by atoms with van der Waals surface area (Å²) in [6.07, 6.45) is 5.86. The Bertz CT molecular complexity index is 603. The van der Waals surface area contributed by atoms with Crippen molar-refractivity contribution in [1.82, 2.24) is 14.7 Å². The van der Waals surface area contributed by atoms with E-state index in [9.17, 15) is 5.11 Å². The molecule has 1 aliphatic rings. The zero-order valence-electron chi connectivity index (χ0n) is 12.5. The molecule has 0 atom stereocenters. The lowest BCUT2D eigenvalue weighted by molar-refractivity contribution is -0.0154. The number of rotatable bonds is 5. The largest absolute Gasteiger partial charge is 0.396 e. The predicted molar refractivity (Wildman–Crippen MR) is 81.2 cm³/mol. The van der Waals surface area contributed by atoms with Crippen molar-refractivity contribution in [3.8, 4) is 0 Å². The smallest absolute Gasteiger partial charge is 0.136 e. The van der Waals surface area contributed by atoms with Crippen LogP contribution < -0.4 is 5.32 Å². The first-order valence-electron chi connectivity index (χ1n) is 7.54. The van der Waals surface area contributed by atoms with Crippen molar-refractivity contribution in [3.05, 3.63) is 35.8 Å². The van der Waals surface area contributed by atoms with E-state index in [1.165, 1.54) is 5.56 Å². The maximum Gasteiger partial charge on any atom is 0.136 e. The Labute approximate surface area is 125 Å². The van der Waals surface area contributed by atoms with E-state index >= 15 is 0 Å². The molecule has 0 saturated carbocycles. The quantitative estimate of drug-likeness (QED) is 0.876. The van der Waals surface area contributed by atoms with Gasteiger partial charge in [-0.2, -0.15) is 0 Å². The minimum atomic E-state index is -0.0331. The molecule has 114 valence electrons. The van der Waals surface area contributed by atoms with Crippen molar-refractivity contribution in [2.75, 3.05) is 26.4 Å². The maximum atomic E-state index is 9.69. The van der Waals surface area contributed by atoms with Gasteiger partial charge in [0.2, 0.25) is 0 Å². The molecule has 1 aliphatic heterocycles. The summed E-state index contributed by atoms with van der Waals surface area (Å²) in [7, 11) is 0. The zero-order chi connectivity index (χ0) is 14.7. The Morgan fingerprint density at radius 2 is 2.19 bits per heavy atom. The van der Waals surface area contributed by atoms with Crippen molar-refractivity contribution in [2.24, 2.45) is 5.41 Å². The molecule has 0 aromatic carbocycles. The first kappa shape index (κ1) is 14.5. The Hall–Kier alpha value is -1.43. The van der Waals surface area contributed by atoms with Crippen LogP contribution in [-0.4, -0.2) is 40.9 Å². The lowest BCUT2D eigenvalue weighted by Crippen LogP contribution is -2.41. The van der Waals surface area contributed by atoms with E-state index in [0.29, 0.717) is 0 Å². The molecule has 2 N–H and O–H groups in total. The number of aliphatic hydroxyl groups is 1. The van der Waals surface area contributed by atoms with Gasteiger partial charge >= 0.3 is 0 Å². The Kier molecular flexibility index (Phi) is 4.24. The molecule has 1 saturated heterocycles. The standard InChI is InChI=1S/C16H23N3O2/c1-13-2-3-15-18-9-14(19(15)10-13)8-17-11-16(12-20)4-6-21-7-5-16/h2-3,9-10,17,20H,4-8,11-12H2,1H3. The van der Waals surface area contributed by atoms with Crippen LogP contribution in [0.2, 0.25) is 0 Å². The van der Waals surface area contributed by atoms with Gasteiger partial charge < -0.3 is 19.6 Å². The number of aryl methyl sites for hydroxylation is 1. The number of fused-ring (bicyclic) bond motifs is 1. The Morgan fingerprint density at radius 3 is 2.95 bits per heavy atom. The molecule has 0 spiro atoms. The molecule has 2 aromatic heterocycles. The fourth-order valence-corrected chi connectivity index (χ4v) is 2.92. The number of hydrogen-bond acceptors (Lipinski definition) is 4. The van der Waals surface area contributed by atoms with Crippen LogP contribution in [0.3, 0.4) is 0 Å². The highest BCUT2D eigenvalue weighted by Crippen LogP contribution is 2.29. The first-order chi connectivity index (χ1) is 10.2.